The van der Waals surface area contributed by atoms with Crippen LogP contribution in [0.3, 0.4) is 0 Å². The van der Waals surface area contributed by atoms with Crippen molar-refractivity contribution in [1.82, 2.24) is 34.3 Å². The molecule has 4 heterocycles. The number of nitrogens with zero attached hydrogens (tertiary/aromatic N) is 7. The number of amides is 1. The van der Waals surface area contributed by atoms with E-state index in [0.717, 1.165) is 11.1 Å². The number of carbonyl (C=O) groups is 1. The van der Waals surface area contributed by atoms with E-state index in [0.29, 0.717) is 34.2 Å². The number of rotatable bonds is 4. The molecule has 5 aromatic rings. The lowest BCUT2D eigenvalue weighted by molar-refractivity contribution is 0.102. The summed E-state index contributed by atoms with van der Waals surface area (Å²) in [5.74, 6) is 0.266. The van der Waals surface area contributed by atoms with Gasteiger partial charge in [-0.15, -0.1) is 0 Å². The lowest BCUT2D eigenvalue weighted by Gasteiger charge is -2.03. The Morgan fingerprint density at radius 1 is 1.00 bits per heavy atom. The molecule has 1 N–H and O–H groups in total. The van der Waals surface area contributed by atoms with E-state index in [9.17, 15) is 9.18 Å². The number of benzene rings is 1. The molecule has 0 bridgehead atoms. The first-order chi connectivity index (χ1) is 15.5. The predicted molar refractivity (Wildman–Crippen MR) is 115 cm³/mol. The van der Waals surface area contributed by atoms with Gasteiger partial charge in [-0.2, -0.15) is 10.2 Å². The quantitative estimate of drug-likeness (QED) is 0.471. The van der Waals surface area contributed by atoms with Crippen molar-refractivity contribution in [2.45, 2.75) is 6.92 Å². The second-order valence-electron chi connectivity index (χ2n) is 7.19. The van der Waals surface area contributed by atoms with Gasteiger partial charge in [-0.05, 0) is 43.3 Å². The number of hydrogen-bond acceptors (Lipinski definition) is 6. The zero-order valence-electron chi connectivity index (χ0n) is 17.2. The van der Waals surface area contributed by atoms with Crippen LogP contribution in [0.25, 0.3) is 28.2 Å². The highest BCUT2D eigenvalue weighted by Crippen LogP contribution is 2.30. The summed E-state index contributed by atoms with van der Waals surface area (Å²) in [6.45, 7) is 1.75. The van der Waals surface area contributed by atoms with Gasteiger partial charge in [0.1, 0.15) is 17.3 Å². The highest BCUT2D eigenvalue weighted by Gasteiger charge is 2.15. The van der Waals surface area contributed by atoms with Crippen molar-refractivity contribution in [2.75, 3.05) is 5.32 Å². The van der Waals surface area contributed by atoms with Crippen LogP contribution in [0.1, 0.15) is 16.2 Å². The van der Waals surface area contributed by atoms with Crippen LogP contribution in [0, 0.1) is 12.7 Å². The Labute approximate surface area is 181 Å². The van der Waals surface area contributed by atoms with Crippen molar-refractivity contribution < 1.29 is 9.18 Å². The number of aryl methyl sites for hydroxylation is 2. The Morgan fingerprint density at radius 3 is 2.50 bits per heavy atom. The van der Waals surface area contributed by atoms with Crippen molar-refractivity contribution in [3.05, 3.63) is 78.4 Å². The molecule has 0 saturated heterocycles. The zero-order chi connectivity index (χ0) is 22.2. The monoisotopic (exact) mass is 428 g/mol. The third-order valence-corrected chi connectivity index (χ3v) is 4.83. The van der Waals surface area contributed by atoms with E-state index in [4.69, 9.17) is 0 Å². The second-order valence-corrected chi connectivity index (χ2v) is 7.19. The zero-order valence-corrected chi connectivity index (χ0v) is 17.2. The molecule has 0 aliphatic carbocycles. The molecular weight excluding hydrogens is 411 g/mol. The fourth-order valence-electron chi connectivity index (χ4n) is 3.28. The summed E-state index contributed by atoms with van der Waals surface area (Å²) in [7, 11) is 1.81. The maximum atomic E-state index is 13.3. The SMILES string of the molecule is Cc1ncc(C(=O)Nc2cn3nc(-c4cn(C)nc4-c4ccc(F)cc4)ccc3n2)cn1. The van der Waals surface area contributed by atoms with E-state index in [2.05, 4.69) is 30.5 Å². The average Bonchev–Trinajstić information content (AvgIpc) is 3.36. The average molecular weight is 428 g/mol. The molecule has 1 amide bonds. The standard InChI is InChI=1S/C22H17FN8O/c1-13-24-9-15(10-25-13)22(32)27-19-12-31-20(26-19)8-7-18(28-31)17-11-30(2)29-21(17)14-3-5-16(23)6-4-14/h3-12H,1-2H3,(H,27,32). The van der Waals surface area contributed by atoms with Crippen LogP contribution in [-0.4, -0.2) is 40.3 Å². The summed E-state index contributed by atoms with van der Waals surface area (Å²) in [6, 6.07) is 9.78. The number of carbonyl (C=O) groups excluding carboxylic acids is 1. The Balaban J connectivity index is 1.47. The van der Waals surface area contributed by atoms with E-state index in [1.165, 1.54) is 24.5 Å². The first kappa shape index (κ1) is 19.5. The second kappa shape index (κ2) is 7.65. The summed E-state index contributed by atoms with van der Waals surface area (Å²) < 4.78 is 16.6. The predicted octanol–water partition coefficient (Wildman–Crippen LogP) is 3.29. The van der Waals surface area contributed by atoms with Gasteiger partial charge >= 0.3 is 0 Å². The summed E-state index contributed by atoms with van der Waals surface area (Å²) in [6.07, 6.45) is 6.40. The van der Waals surface area contributed by atoms with Gasteiger partial charge < -0.3 is 5.32 Å². The van der Waals surface area contributed by atoms with Gasteiger partial charge in [-0.25, -0.2) is 23.9 Å². The number of anilines is 1. The molecule has 4 aromatic heterocycles. The highest BCUT2D eigenvalue weighted by molar-refractivity contribution is 6.03. The molecule has 1 aromatic carbocycles. The van der Waals surface area contributed by atoms with Crippen molar-refractivity contribution in [1.29, 1.82) is 0 Å². The molecule has 0 aliphatic heterocycles. The van der Waals surface area contributed by atoms with Gasteiger partial charge in [0.15, 0.2) is 11.5 Å². The Morgan fingerprint density at radius 2 is 1.75 bits per heavy atom. The summed E-state index contributed by atoms with van der Waals surface area (Å²) >= 11 is 0. The lowest BCUT2D eigenvalue weighted by Crippen LogP contribution is -2.13. The minimum atomic E-state index is -0.362. The van der Waals surface area contributed by atoms with Gasteiger partial charge in [-0.1, -0.05) is 0 Å². The van der Waals surface area contributed by atoms with Crippen molar-refractivity contribution in [3.8, 4) is 22.5 Å². The Bertz CT molecular complexity index is 1440. The normalized spacial score (nSPS) is 11.1. The van der Waals surface area contributed by atoms with Crippen LogP contribution in [0.2, 0.25) is 0 Å². The van der Waals surface area contributed by atoms with Gasteiger partial charge in [0.2, 0.25) is 0 Å². The van der Waals surface area contributed by atoms with Crippen molar-refractivity contribution >= 4 is 17.4 Å². The van der Waals surface area contributed by atoms with E-state index < -0.39 is 0 Å². The maximum Gasteiger partial charge on any atom is 0.259 e. The summed E-state index contributed by atoms with van der Waals surface area (Å²) in [4.78, 5) is 24.9. The smallest absolute Gasteiger partial charge is 0.259 e. The maximum absolute atomic E-state index is 13.3. The summed E-state index contributed by atoms with van der Waals surface area (Å²) in [5.41, 5.74) is 3.82. The minimum absolute atomic E-state index is 0.309. The molecule has 0 radical (unpaired) electrons. The number of imidazole rings is 1. The lowest BCUT2D eigenvalue weighted by atomic mass is 10.1. The van der Waals surface area contributed by atoms with E-state index in [1.807, 2.05) is 19.3 Å². The van der Waals surface area contributed by atoms with Crippen LogP contribution < -0.4 is 5.32 Å². The number of hydrogen-bond donors (Lipinski definition) is 1. The minimum Gasteiger partial charge on any atom is -0.305 e. The van der Waals surface area contributed by atoms with Crippen LogP contribution >= 0.6 is 0 Å². The van der Waals surface area contributed by atoms with Gasteiger partial charge in [0.05, 0.1) is 17.5 Å². The van der Waals surface area contributed by atoms with Crippen molar-refractivity contribution in [3.63, 3.8) is 0 Å². The number of nitrogens with one attached hydrogen (secondary N) is 1. The first-order valence-corrected chi connectivity index (χ1v) is 9.73. The van der Waals surface area contributed by atoms with Crippen LogP contribution in [0.4, 0.5) is 10.2 Å². The van der Waals surface area contributed by atoms with E-state index in [-0.39, 0.29) is 11.7 Å². The Kier molecular flexibility index (Phi) is 4.66. The van der Waals surface area contributed by atoms with Gasteiger partial charge in [0, 0.05) is 36.8 Å². The third kappa shape index (κ3) is 3.69. The molecule has 158 valence electrons. The molecule has 0 spiro atoms. The molecule has 0 fully saturated rings. The molecule has 10 heteroatoms. The van der Waals surface area contributed by atoms with Crippen LogP contribution in [-0.2, 0) is 7.05 Å². The van der Waals surface area contributed by atoms with E-state index in [1.54, 1.807) is 40.5 Å². The van der Waals surface area contributed by atoms with Crippen LogP contribution in [0.5, 0.6) is 0 Å². The molecular formula is C22H17FN8O. The largest absolute Gasteiger partial charge is 0.305 e. The molecule has 9 nitrogen and oxygen atoms in total. The molecule has 0 atom stereocenters. The molecule has 0 aliphatic rings. The molecule has 0 unspecified atom stereocenters. The first-order valence-electron chi connectivity index (χ1n) is 9.73. The number of aromatic nitrogens is 7. The molecule has 5 rings (SSSR count). The topological polar surface area (TPSA) is 103 Å². The number of fused-ring (bicyclic) bond motifs is 1. The third-order valence-electron chi connectivity index (χ3n) is 4.83. The highest BCUT2D eigenvalue weighted by atomic mass is 19.1. The Hall–Kier alpha value is -4.47. The summed E-state index contributed by atoms with van der Waals surface area (Å²) in [5, 5.41) is 11.9. The van der Waals surface area contributed by atoms with Gasteiger partial charge in [0.25, 0.3) is 5.91 Å². The van der Waals surface area contributed by atoms with E-state index >= 15 is 0 Å². The van der Waals surface area contributed by atoms with Crippen molar-refractivity contribution in [2.24, 2.45) is 7.05 Å². The molecule has 0 saturated carbocycles. The van der Waals surface area contributed by atoms with Crippen LogP contribution in [0.15, 0.2) is 61.2 Å². The molecule has 32 heavy (non-hydrogen) atoms. The fourth-order valence-corrected chi connectivity index (χ4v) is 3.28. The fraction of sp³-hybridized carbons (Fsp3) is 0.0909. The number of halogens is 1. The van der Waals surface area contributed by atoms with Gasteiger partial charge in [-0.3, -0.25) is 9.48 Å².